The number of hydrogen-bond donors (Lipinski definition) is 1. The van der Waals surface area contributed by atoms with E-state index in [1.54, 1.807) is 0 Å². The quantitative estimate of drug-likeness (QED) is 0.694. The first-order valence-corrected chi connectivity index (χ1v) is 6.49. The molecule has 0 aromatic heterocycles. The van der Waals surface area contributed by atoms with Crippen molar-refractivity contribution in [1.82, 2.24) is 10.2 Å². The van der Waals surface area contributed by atoms with Crippen LogP contribution in [0.3, 0.4) is 0 Å². The standard InChI is InChI=1S/C9H18N2O.C2H6.C2H4/c1-2-9(8-12-7-1)11-5-3-10-4-6-11;2*1-2/h9-10H,1-8H2;1-2H3;1-2H2. The van der Waals surface area contributed by atoms with Crippen LogP contribution in [0.15, 0.2) is 13.2 Å². The van der Waals surface area contributed by atoms with Crippen molar-refractivity contribution in [2.24, 2.45) is 0 Å². The monoisotopic (exact) mass is 228 g/mol. The fraction of sp³-hybridized carbons (Fsp3) is 0.846. The Labute approximate surface area is 101 Å². The van der Waals surface area contributed by atoms with Gasteiger partial charge in [0.05, 0.1) is 6.61 Å². The Balaban J connectivity index is 0.000000509. The van der Waals surface area contributed by atoms with Gasteiger partial charge in [-0.1, -0.05) is 13.8 Å². The van der Waals surface area contributed by atoms with E-state index in [-0.39, 0.29) is 0 Å². The summed E-state index contributed by atoms with van der Waals surface area (Å²) in [6.45, 7) is 16.6. The first-order chi connectivity index (χ1) is 7.97. The van der Waals surface area contributed by atoms with E-state index in [0.717, 1.165) is 26.3 Å². The van der Waals surface area contributed by atoms with Crippen molar-refractivity contribution in [3.8, 4) is 0 Å². The molecule has 96 valence electrons. The Kier molecular flexibility index (Phi) is 10.9. The molecule has 3 heteroatoms. The topological polar surface area (TPSA) is 24.5 Å². The summed E-state index contributed by atoms with van der Waals surface area (Å²) in [5.41, 5.74) is 0. The highest BCUT2D eigenvalue weighted by Crippen LogP contribution is 2.13. The molecule has 0 aliphatic carbocycles. The third-order valence-corrected chi connectivity index (χ3v) is 2.80. The Bertz CT molecular complexity index is 125. The summed E-state index contributed by atoms with van der Waals surface area (Å²) in [4.78, 5) is 2.57. The lowest BCUT2D eigenvalue weighted by Crippen LogP contribution is -2.50. The number of nitrogens with one attached hydrogen (secondary N) is 1. The van der Waals surface area contributed by atoms with Crippen molar-refractivity contribution in [3.05, 3.63) is 13.2 Å². The molecule has 2 aliphatic heterocycles. The summed E-state index contributed by atoms with van der Waals surface area (Å²) < 4.78 is 5.47. The van der Waals surface area contributed by atoms with Crippen LogP contribution < -0.4 is 5.32 Å². The molecule has 2 saturated heterocycles. The van der Waals surface area contributed by atoms with E-state index < -0.39 is 0 Å². The Morgan fingerprint density at radius 2 is 1.81 bits per heavy atom. The van der Waals surface area contributed by atoms with Crippen LogP contribution in [-0.4, -0.2) is 50.3 Å². The summed E-state index contributed by atoms with van der Waals surface area (Å²) in [5.74, 6) is 0. The first kappa shape index (κ1) is 15.6. The van der Waals surface area contributed by atoms with Crippen LogP contribution in [0.2, 0.25) is 0 Å². The Hall–Kier alpha value is -0.380. The molecule has 0 radical (unpaired) electrons. The van der Waals surface area contributed by atoms with E-state index in [0.29, 0.717) is 6.04 Å². The fourth-order valence-electron chi connectivity index (χ4n) is 2.06. The molecule has 0 spiro atoms. The Morgan fingerprint density at radius 3 is 2.31 bits per heavy atom. The molecule has 1 atom stereocenters. The first-order valence-electron chi connectivity index (χ1n) is 6.49. The minimum atomic E-state index is 0.709. The van der Waals surface area contributed by atoms with Gasteiger partial charge in [0.25, 0.3) is 0 Å². The van der Waals surface area contributed by atoms with Gasteiger partial charge in [-0.2, -0.15) is 0 Å². The molecule has 2 heterocycles. The molecule has 16 heavy (non-hydrogen) atoms. The minimum Gasteiger partial charge on any atom is -0.380 e. The minimum absolute atomic E-state index is 0.709. The van der Waals surface area contributed by atoms with Crippen LogP contribution in [-0.2, 0) is 4.74 Å². The van der Waals surface area contributed by atoms with Crippen molar-refractivity contribution < 1.29 is 4.74 Å². The third kappa shape index (κ3) is 5.64. The number of nitrogens with zero attached hydrogens (tertiary/aromatic N) is 1. The molecule has 1 unspecified atom stereocenters. The van der Waals surface area contributed by atoms with Gasteiger partial charge in [0, 0.05) is 38.8 Å². The number of ether oxygens (including phenoxy) is 1. The van der Waals surface area contributed by atoms with Crippen LogP contribution in [0.4, 0.5) is 0 Å². The second-order valence-electron chi connectivity index (χ2n) is 3.66. The predicted octanol–water partition coefficient (Wildman–Crippen LogP) is 1.90. The van der Waals surface area contributed by atoms with E-state index in [4.69, 9.17) is 4.74 Å². The summed E-state index contributed by atoms with van der Waals surface area (Å²) in [7, 11) is 0. The van der Waals surface area contributed by atoms with Crippen LogP contribution in [0.25, 0.3) is 0 Å². The zero-order valence-corrected chi connectivity index (χ0v) is 11.0. The molecule has 0 amide bonds. The van der Waals surface area contributed by atoms with E-state index >= 15 is 0 Å². The van der Waals surface area contributed by atoms with Crippen molar-refractivity contribution in [2.75, 3.05) is 39.4 Å². The van der Waals surface area contributed by atoms with E-state index in [9.17, 15) is 0 Å². The molecular weight excluding hydrogens is 200 g/mol. The average Bonchev–Trinajstić information content (AvgIpc) is 2.45. The number of hydrogen-bond acceptors (Lipinski definition) is 3. The SMILES string of the molecule is C1COCC(N2CCNCC2)C1.C=C.CC. The third-order valence-electron chi connectivity index (χ3n) is 2.80. The highest BCUT2D eigenvalue weighted by Gasteiger charge is 2.22. The second-order valence-corrected chi connectivity index (χ2v) is 3.66. The lowest BCUT2D eigenvalue weighted by atomic mass is 10.1. The molecule has 0 saturated carbocycles. The van der Waals surface area contributed by atoms with E-state index in [2.05, 4.69) is 23.4 Å². The van der Waals surface area contributed by atoms with Gasteiger partial charge in [-0.25, -0.2) is 0 Å². The summed E-state index contributed by atoms with van der Waals surface area (Å²) >= 11 is 0. The summed E-state index contributed by atoms with van der Waals surface area (Å²) in [6.07, 6.45) is 2.58. The molecule has 2 rings (SSSR count). The lowest BCUT2D eigenvalue weighted by Gasteiger charge is -2.36. The van der Waals surface area contributed by atoms with Gasteiger partial charge < -0.3 is 10.1 Å². The van der Waals surface area contributed by atoms with E-state index in [1.165, 1.54) is 25.9 Å². The highest BCUT2D eigenvalue weighted by atomic mass is 16.5. The van der Waals surface area contributed by atoms with Gasteiger partial charge in [0.1, 0.15) is 0 Å². The summed E-state index contributed by atoms with van der Waals surface area (Å²) in [5, 5.41) is 3.37. The summed E-state index contributed by atoms with van der Waals surface area (Å²) in [6, 6.07) is 0.709. The van der Waals surface area contributed by atoms with Crippen LogP contribution in [0, 0.1) is 0 Å². The average molecular weight is 228 g/mol. The molecule has 2 fully saturated rings. The molecule has 3 nitrogen and oxygen atoms in total. The van der Waals surface area contributed by atoms with Crippen LogP contribution in [0.5, 0.6) is 0 Å². The predicted molar refractivity (Wildman–Crippen MR) is 70.9 cm³/mol. The molecule has 0 bridgehead atoms. The number of piperazine rings is 1. The zero-order valence-electron chi connectivity index (χ0n) is 11.0. The maximum Gasteiger partial charge on any atom is 0.0621 e. The Morgan fingerprint density at radius 1 is 1.19 bits per heavy atom. The molecule has 0 aromatic rings. The van der Waals surface area contributed by atoms with Crippen LogP contribution >= 0.6 is 0 Å². The van der Waals surface area contributed by atoms with Crippen molar-refractivity contribution in [2.45, 2.75) is 32.7 Å². The van der Waals surface area contributed by atoms with Gasteiger partial charge in [0.2, 0.25) is 0 Å². The maximum absolute atomic E-state index is 5.47. The number of rotatable bonds is 1. The zero-order chi connectivity index (χ0) is 12.2. The smallest absolute Gasteiger partial charge is 0.0621 e. The highest BCUT2D eigenvalue weighted by molar-refractivity contribution is 4.78. The normalized spacial score (nSPS) is 25.8. The molecule has 0 aromatic carbocycles. The van der Waals surface area contributed by atoms with Gasteiger partial charge in [-0.15, -0.1) is 13.2 Å². The molecular formula is C13H28N2O. The maximum atomic E-state index is 5.47. The fourth-order valence-corrected chi connectivity index (χ4v) is 2.06. The van der Waals surface area contributed by atoms with Crippen LogP contribution in [0.1, 0.15) is 26.7 Å². The van der Waals surface area contributed by atoms with Gasteiger partial charge in [0.15, 0.2) is 0 Å². The lowest BCUT2D eigenvalue weighted by molar-refractivity contribution is 0.0136. The largest absolute Gasteiger partial charge is 0.380 e. The van der Waals surface area contributed by atoms with Crippen molar-refractivity contribution in [3.63, 3.8) is 0 Å². The van der Waals surface area contributed by atoms with Crippen molar-refractivity contribution >= 4 is 0 Å². The van der Waals surface area contributed by atoms with Crippen molar-refractivity contribution in [1.29, 1.82) is 0 Å². The molecule has 1 N–H and O–H groups in total. The second kappa shape index (κ2) is 11.1. The van der Waals surface area contributed by atoms with Gasteiger partial charge >= 0.3 is 0 Å². The van der Waals surface area contributed by atoms with Gasteiger partial charge in [-0.05, 0) is 12.8 Å². The molecule has 2 aliphatic rings. The van der Waals surface area contributed by atoms with E-state index in [1.807, 2.05) is 13.8 Å². The van der Waals surface area contributed by atoms with Gasteiger partial charge in [-0.3, -0.25) is 4.90 Å².